The van der Waals surface area contributed by atoms with Crippen molar-refractivity contribution in [2.75, 3.05) is 26.0 Å². The number of furan rings is 1. The molecule has 0 atom stereocenters. The van der Waals surface area contributed by atoms with Gasteiger partial charge in [0.1, 0.15) is 5.76 Å². The standard InChI is InChI=1S/C16H19N3O3/c1-17-16(21)12-5-3-6-13(9-12)18-15(20)11-19(2)10-14-7-4-8-22-14/h3-9H,10-11H2,1-2H3,(H,17,21)(H,18,20). The summed E-state index contributed by atoms with van der Waals surface area (Å²) >= 11 is 0. The second-order valence-electron chi connectivity index (χ2n) is 4.96. The van der Waals surface area contributed by atoms with E-state index in [1.54, 1.807) is 37.6 Å². The van der Waals surface area contributed by atoms with Crippen LogP contribution in [0.4, 0.5) is 5.69 Å². The Morgan fingerprint density at radius 2 is 2.05 bits per heavy atom. The predicted molar refractivity (Wildman–Crippen MR) is 83.5 cm³/mol. The molecule has 0 bridgehead atoms. The van der Waals surface area contributed by atoms with Gasteiger partial charge < -0.3 is 15.1 Å². The average molecular weight is 301 g/mol. The lowest BCUT2D eigenvalue weighted by atomic mass is 10.2. The van der Waals surface area contributed by atoms with Crippen LogP contribution in [-0.4, -0.2) is 37.4 Å². The second-order valence-corrected chi connectivity index (χ2v) is 4.96. The molecule has 0 saturated carbocycles. The molecular formula is C16H19N3O3. The van der Waals surface area contributed by atoms with Gasteiger partial charge in [-0.05, 0) is 37.4 Å². The number of carbonyl (C=O) groups excluding carboxylic acids is 2. The van der Waals surface area contributed by atoms with Crippen molar-refractivity contribution in [3.63, 3.8) is 0 Å². The van der Waals surface area contributed by atoms with Gasteiger partial charge in [0.15, 0.2) is 0 Å². The molecular weight excluding hydrogens is 282 g/mol. The normalized spacial score (nSPS) is 10.5. The minimum atomic E-state index is -0.189. The number of rotatable bonds is 6. The van der Waals surface area contributed by atoms with Crippen LogP contribution in [0, 0.1) is 0 Å². The third-order valence-corrected chi connectivity index (χ3v) is 3.05. The van der Waals surface area contributed by atoms with Gasteiger partial charge in [-0.15, -0.1) is 0 Å². The molecule has 0 saturated heterocycles. The van der Waals surface area contributed by atoms with E-state index >= 15 is 0 Å². The molecule has 2 aromatic rings. The molecule has 2 amide bonds. The molecule has 0 aliphatic carbocycles. The quantitative estimate of drug-likeness (QED) is 0.852. The van der Waals surface area contributed by atoms with E-state index in [0.717, 1.165) is 5.76 Å². The number of hydrogen-bond donors (Lipinski definition) is 2. The number of carbonyl (C=O) groups is 2. The van der Waals surface area contributed by atoms with Crippen molar-refractivity contribution in [3.05, 3.63) is 54.0 Å². The maximum absolute atomic E-state index is 12.0. The molecule has 6 nitrogen and oxygen atoms in total. The van der Waals surface area contributed by atoms with Gasteiger partial charge in [0.2, 0.25) is 5.91 Å². The maximum atomic E-state index is 12.0. The van der Waals surface area contributed by atoms with Gasteiger partial charge >= 0.3 is 0 Å². The van der Waals surface area contributed by atoms with Crippen LogP contribution in [-0.2, 0) is 11.3 Å². The lowest BCUT2D eigenvalue weighted by molar-refractivity contribution is -0.117. The zero-order chi connectivity index (χ0) is 15.9. The predicted octanol–water partition coefficient (Wildman–Crippen LogP) is 1.71. The van der Waals surface area contributed by atoms with Crippen LogP contribution in [0.15, 0.2) is 47.1 Å². The summed E-state index contributed by atoms with van der Waals surface area (Å²) in [4.78, 5) is 25.4. The van der Waals surface area contributed by atoms with E-state index in [9.17, 15) is 9.59 Å². The summed E-state index contributed by atoms with van der Waals surface area (Å²) in [6.07, 6.45) is 1.60. The fourth-order valence-corrected chi connectivity index (χ4v) is 2.05. The first-order chi connectivity index (χ1) is 10.6. The minimum absolute atomic E-state index is 0.150. The van der Waals surface area contributed by atoms with Crippen molar-refractivity contribution in [2.24, 2.45) is 0 Å². The zero-order valence-corrected chi connectivity index (χ0v) is 12.6. The molecule has 0 radical (unpaired) electrons. The van der Waals surface area contributed by atoms with Gasteiger partial charge in [0.05, 0.1) is 19.4 Å². The number of likely N-dealkylation sites (N-methyl/N-ethyl adjacent to an activating group) is 1. The Balaban J connectivity index is 1.90. The highest BCUT2D eigenvalue weighted by atomic mass is 16.3. The highest BCUT2D eigenvalue weighted by molar-refractivity contribution is 5.97. The molecule has 0 aliphatic heterocycles. The third-order valence-electron chi connectivity index (χ3n) is 3.05. The van der Waals surface area contributed by atoms with Gasteiger partial charge in [0, 0.05) is 18.3 Å². The summed E-state index contributed by atoms with van der Waals surface area (Å²) in [6, 6.07) is 10.5. The van der Waals surface area contributed by atoms with Crippen LogP contribution in [0.3, 0.4) is 0 Å². The number of nitrogens with zero attached hydrogens (tertiary/aromatic N) is 1. The van der Waals surface area contributed by atoms with E-state index in [-0.39, 0.29) is 18.4 Å². The van der Waals surface area contributed by atoms with Crippen LogP contribution < -0.4 is 10.6 Å². The SMILES string of the molecule is CNC(=O)c1cccc(NC(=O)CN(C)Cc2ccco2)c1. The minimum Gasteiger partial charge on any atom is -0.468 e. The number of anilines is 1. The van der Waals surface area contributed by atoms with Crippen LogP contribution in [0.2, 0.25) is 0 Å². The van der Waals surface area contributed by atoms with E-state index < -0.39 is 0 Å². The third kappa shape index (κ3) is 4.46. The van der Waals surface area contributed by atoms with Crippen molar-refractivity contribution in [2.45, 2.75) is 6.54 Å². The first kappa shape index (κ1) is 15.8. The topological polar surface area (TPSA) is 74.6 Å². The monoisotopic (exact) mass is 301 g/mol. The number of benzene rings is 1. The first-order valence-corrected chi connectivity index (χ1v) is 6.91. The number of hydrogen-bond acceptors (Lipinski definition) is 4. The second kappa shape index (κ2) is 7.42. The Hall–Kier alpha value is -2.60. The summed E-state index contributed by atoms with van der Waals surface area (Å²) in [7, 11) is 3.40. The lowest BCUT2D eigenvalue weighted by Crippen LogP contribution is -2.29. The lowest BCUT2D eigenvalue weighted by Gasteiger charge is -2.15. The Morgan fingerprint density at radius 3 is 2.73 bits per heavy atom. The summed E-state index contributed by atoms with van der Waals surface area (Å²) < 4.78 is 5.24. The molecule has 1 aromatic heterocycles. The van der Waals surface area contributed by atoms with Crippen LogP contribution in [0.1, 0.15) is 16.1 Å². The fraction of sp³-hybridized carbons (Fsp3) is 0.250. The van der Waals surface area contributed by atoms with Gasteiger partial charge in [-0.25, -0.2) is 0 Å². The van der Waals surface area contributed by atoms with Gasteiger partial charge in [-0.2, -0.15) is 0 Å². The van der Waals surface area contributed by atoms with Crippen molar-refractivity contribution < 1.29 is 14.0 Å². The Kier molecular flexibility index (Phi) is 5.32. The van der Waals surface area contributed by atoms with E-state index in [4.69, 9.17) is 4.42 Å². The smallest absolute Gasteiger partial charge is 0.251 e. The Bertz CT molecular complexity index is 638. The summed E-state index contributed by atoms with van der Waals surface area (Å²) in [5, 5.41) is 5.33. The first-order valence-electron chi connectivity index (χ1n) is 6.91. The van der Waals surface area contributed by atoms with E-state index in [1.165, 1.54) is 0 Å². The molecule has 0 aliphatic rings. The molecule has 6 heteroatoms. The Morgan fingerprint density at radius 1 is 1.23 bits per heavy atom. The van der Waals surface area contributed by atoms with Crippen LogP contribution >= 0.6 is 0 Å². The molecule has 0 fully saturated rings. The molecule has 2 N–H and O–H groups in total. The summed E-state index contributed by atoms with van der Waals surface area (Å²) in [6.45, 7) is 0.781. The van der Waals surface area contributed by atoms with Crippen molar-refractivity contribution in [1.29, 1.82) is 0 Å². The van der Waals surface area contributed by atoms with Crippen molar-refractivity contribution >= 4 is 17.5 Å². The Labute approximate surface area is 129 Å². The number of amides is 2. The fourth-order valence-electron chi connectivity index (χ4n) is 2.05. The van der Waals surface area contributed by atoms with E-state index in [2.05, 4.69) is 10.6 Å². The number of nitrogens with one attached hydrogen (secondary N) is 2. The molecule has 116 valence electrons. The van der Waals surface area contributed by atoms with Crippen molar-refractivity contribution in [1.82, 2.24) is 10.2 Å². The van der Waals surface area contributed by atoms with Crippen LogP contribution in [0.5, 0.6) is 0 Å². The molecule has 0 spiro atoms. The van der Waals surface area contributed by atoms with Crippen molar-refractivity contribution in [3.8, 4) is 0 Å². The van der Waals surface area contributed by atoms with Gasteiger partial charge in [-0.1, -0.05) is 6.07 Å². The maximum Gasteiger partial charge on any atom is 0.251 e. The average Bonchev–Trinajstić information content (AvgIpc) is 2.99. The zero-order valence-electron chi connectivity index (χ0n) is 12.6. The molecule has 2 rings (SSSR count). The summed E-state index contributed by atoms with van der Waals surface area (Å²) in [5.74, 6) is 0.464. The van der Waals surface area contributed by atoms with Gasteiger partial charge in [-0.3, -0.25) is 14.5 Å². The van der Waals surface area contributed by atoms with E-state index in [1.807, 2.05) is 24.1 Å². The van der Waals surface area contributed by atoms with Crippen LogP contribution in [0.25, 0.3) is 0 Å². The molecule has 22 heavy (non-hydrogen) atoms. The molecule has 0 unspecified atom stereocenters. The largest absolute Gasteiger partial charge is 0.468 e. The summed E-state index contributed by atoms with van der Waals surface area (Å²) in [5.41, 5.74) is 1.10. The molecule has 1 heterocycles. The highest BCUT2D eigenvalue weighted by Crippen LogP contribution is 2.11. The van der Waals surface area contributed by atoms with E-state index in [0.29, 0.717) is 17.8 Å². The molecule has 1 aromatic carbocycles. The highest BCUT2D eigenvalue weighted by Gasteiger charge is 2.10. The van der Waals surface area contributed by atoms with Gasteiger partial charge in [0.25, 0.3) is 5.91 Å².